The van der Waals surface area contributed by atoms with Crippen molar-refractivity contribution in [3.05, 3.63) is 87.6 Å². The molecule has 0 saturated carbocycles. The minimum Gasteiger partial charge on any atom is -0.507 e. The summed E-state index contributed by atoms with van der Waals surface area (Å²) >= 11 is 0. The molecule has 0 spiro atoms. The van der Waals surface area contributed by atoms with Crippen molar-refractivity contribution >= 4 is 5.69 Å². The normalized spacial score (nSPS) is 15.5. The molecular weight excluding hydrogens is 421 g/mol. The van der Waals surface area contributed by atoms with Crippen LogP contribution in [-0.4, -0.2) is 47.9 Å². The number of halogens is 1. The van der Waals surface area contributed by atoms with Gasteiger partial charge in [-0.25, -0.2) is 4.39 Å². The van der Waals surface area contributed by atoms with Gasteiger partial charge in [0.1, 0.15) is 17.3 Å². The lowest BCUT2D eigenvalue weighted by Crippen LogP contribution is -2.49. The maximum absolute atomic E-state index is 14.3. The van der Waals surface area contributed by atoms with E-state index in [1.165, 1.54) is 6.07 Å². The van der Waals surface area contributed by atoms with Crippen molar-refractivity contribution < 1.29 is 14.2 Å². The molecule has 3 aromatic rings. The standard InChI is InChI=1S/C26H30FN3O3/c1-4-30-18(2)16-23(31)24(26(30)32)25(19-8-7-9-20(17-19)33-3)29-14-12-28(13-15-29)22-11-6-5-10-21(22)27/h5-11,16-17,25,31H,4,12-15H2,1-3H3/t25-/m1/s1. The van der Waals surface area contributed by atoms with Gasteiger partial charge in [-0.2, -0.15) is 0 Å². The van der Waals surface area contributed by atoms with E-state index in [0.29, 0.717) is 49.7 Å². The highest BCUT2D eigenvalue weighted by molar-refractivity contribution is 5.48. The van der Waals surface area contributed by atoms with Gasteiger partial charge < -0.3 is 19.3 Å². The van der Waals surface area contributed by atoms with Gasteiger partial charge in [-0.1, -0.05) is 24.3 Å². The van der Waals surface area contributed by atoms with Gasteiger partial charge in [0.25, 0.3) is 5.56 Å². The molecule has 2 heterocycles. The Morgan fingerprint density at radius 3 is 2.45 bits per heavy atom. The third-order valence-corrected chi connectivity index (χ3v) is 6.39. The molecule has 1 saturated heterocycles. The van der Waals surface area contributed by atoms with E-state index >= 15 is 0 Å². The minimum absolute atomic E-state index is 0.00782. The van der Waals surface area contributed by atoms with Crippen LogP contribution in [0.4, 0.5) is 10.1 Å². The Hall–Kier alpha value is -3.32. The third-order valence-electron chi connectivity index (χ3n) is 6.39. The lowest BCUT2D eigenvalue weighted by Gasteiger charge is -2.40. The first-order valence-electron chi connectivity index (χ1n) is 11.2. The van der Waals surface area contributed by atoms with Crippen LogP contribution in [0.3, 0.4) is 0 Å². The molecule has 0 aliphatic carbocycles. The number of hydrogen-bond donors (Lipinski definition) is 1. The summed E-state index contributed by atoms with van der Waals surface area (Å²) in [7, 11) is 1.61. The molecule has 0 amide bonds. The molecule has 1 atom stereocenters. The molecule has 6 nitrogen and oxygen atoms in total. The van der Waals surface area contributed by atoms with E-state index in [1.807, 2.05) is 49.1 Å². The predicted octanol–water partition coefficient (Wildman–Crippen LogP) is 3.94. The second kappa shape index (κ2) is 9.67. The number of methoxy groups -OCH3 is 1. The maximum Gasteiger partial charge on any atom is 0.259 e. The van der Waals surface area contributed by atoms with Gasteiger partial charge in [-0.3, -0.25) is 9.69 Å². The Morgan fingerprint density at radius 1 is 1.06 bits per heavy atom. The molecule has 174 valence electrons. The predicted molar refractivity (Wildman–Crippen MR) is 128 cm³/mol. The van der Waals surface area contributed by atoms with Crippen LogP contribution in [0.25, 0.3) is 0 Å². The van der Waals surface area contributed by atoms with Crippen molar-refractivity contribution in [1.82, 2.24) is 9.47 Å². The largest absolute Gasteiger partial charge is 0.507 e. The smallest absolute Gasteiger partial charge is 0.259 e. The Bertz CT molecular complexity index is 1190. The van der Waals surface area contributed by atoms with Crippen LogP contribution in [0.2, 0.25) is 0 Å². The summed E-state index contributed by atoms with van der Waals surface area (Å²) < 4.78 is 21.4. The first kappa shape index (κ1) is 22.9. The van der Waals surface area contributed by atoms with Gasteiger partial charge in [0.15, 0.2) is 0 Å². The highest BCUT2D eigenvalue weighted by Gasteiger charge is 2.32. The number of benzene rings is 2. The summed E-state index contributed by atoms with van der Waals surface area (Å²) in [6.07, 6.45) is 0. The van der Waals surface area contributed by atoms with Crippen molar-refractivity contribution in [2.45, 2.75) is 26.4 Å². The first-order chi connectivity index (χ1) is 15.9. The Morgan fingerprint density at radius 2 is 1.79 bits per heavy atom. The number of para-hydroxylation sites is 1. The van der Waals surface area contributed by atoms with Crippen LogP contribution < -0.4 is 15.2 Å². The molecule has 1 N–H and O–H groups in total. The highest BCUT2D eigenvalue weighted by Crippen LogP contribution is 2.35. The zero-order chi connectivity index (χ0) is 23.5. The van der Waals surface area contributed by atoms with Crippen LogP contribution in [-0.2, 0) is 6.54 Å². The number of hydrogen-bond acceptors (Lipinski definition) is 5. The number of ether oxygens (including phenoxy) is 1. The molecule has 33 heavy (non-hydrogen) atoms. The monoisotopic (exact) mass is 451 g/mol. The molecule has 0 unspecified atom stereocenters. The maximum atomic E-state index is 14.3. The van der Waals surface area contributed by atoms with E-state index in [-0.39, 0.29) is 17.1 Å². The second-order valence-corrected chi connectivity index (χ2v) is 8.29. The molecule has 1 aliphatic heterocycles. The number of anilines is 1. The molecule has 7 heteroatoms. The Labute approximate surface area is 193 Å². The topological polar surface area (TPSA) is 57.9 Å². The lowest BCUT2D eigenvalue weighted by molar-refractivity contribution is 0.206. The number of aryl methyl sites for hydroxylation is 1. The number of pyridine rings is 1. The van der Waals surface area contributed by atoms with Crippen LogP contribution in [0, 0.1) is 12.7 Å². The van der Waals surface area contributed by atoms with Crippen molar-refractivity contribution in [2.24, 2.45) is 0 Å². The van der Waals surface area contributed by atoms with Crippen LogP contribution in [0.1, 0.15) is 29.8 Å². The highest BCUT2D eigenvalue weighted by atomic mass is 19.1. The number of aromatic hydroxyl groups is 1. The Kier molecular flexibility index (Phi) is 6.70. The van der Waals surface area contributed by atoms with Crippen LogP contribution in [0.5, 0.6) is 11.5 Å². The van der Waals surface area contributed by atoms with Crippen molar-refractivity contribution in [1.29, 1.82) is 0 Å². The van der Waals surface area contributed by atoms with Gasteiger partial charge in [0, 0.05) is 38.4 Å². The number of piperazine rings is 1. The van der Waals surface area contributed by atoms with Gasteiger partial charge in [-0.05, 0) is 49.7 Å². The summed E-state index contributed by atoms with van der Waals surface area (Å²) in [5, 5.41) is 10.9. The second-order valence-electron chi connectivity index (χ2n) is 8.29. The molecule has 1 fully saturated rings. The van der Waals surface area contributed by atoms with E-state index in [2.05, 4.69) is 4.90 Å². The molecule has 4 rings (SSSR count). The SMILES string of the molecule is CCn1c(C)cc(O)c([C@@H](c2cccc(OC)c2)N2CCN(c3ccccc3F)CC2)c1=O. The summed E-state index contributed by atoms with van der Waals surface area (Å²) in [5.74, 6) is 0.439. The van der Waals surface area contributed by atoms with E-state index in [9.17, 15) is 14.3 Å². The van der Waals surface area contributed by atoms with Gasteiger partial charge in [0.05, 0.1) is 24.4 Å². The fourth-order valence-corrected chi connectivity index (χ4v) is 4.72. The molecule has 1 aliphatic rings. The first-order valence-corrected chi connectivity index (χ1v) is 11.2. The molecule has 0 bridgehead atoms. The van der Waals surface area contributed by atoms with Gasteiger partial charge in [-0.15, -0.1) is 0 Å². The minimum atomic E-state index is -0.450. The molecular formula is C26H30FN3O3. The van der Waals surface area contributed by atoms with Crippen LogP contribution >= 0.6 is 0 Å². The van der Waals surface area contributed by atoms with E-state index in [1.54, 1.807) is 29.9 Å². The van der Waals surface area contributed by atoms with Crippen molar-refractivity contribution in [2.75, 3.05) is 38.2 Å². The quantitative estimate of drug-likeness (QED) is 0.615. The summed E-state index contributed by atoms with van der Waals surface area (Å²) in [4.78, 5) is 17.7. The number of nitrogens with zero attached hydrogens (tertiary/aromatic N) is 3. The molecule has 1 aromatic heterocycles. The van der Waals surface area contributed by atoms with E-state index in [0.717, 1.165) is 11.3 Å². The fourth-order valence-electron chi connectivity index (χ4n) is 4.72. The van der Waals surface area contributed by atoms with Gasteiger partial charge >= 0.3 is 0 Å². The third kappa shape index (κ3) is 4.46. The average Bonchev–Trinajstić information content (AvgIpc) is 2.82. The molecule has 2 aromatic carbocycles. The van der Waals surface area contributed by atoms with Crippen LogP contribution in [0.15, 0.2) is 59.4 Å². The van der Waals surface area contributed by atoms with Crippen molar-refractivity contribution in [3.63, 3.8) is 0 Å². The van der Waals surface area contributed by atoms with E-state index in [4.69, 9.17) is 4.74 Å². The average molecular weight is 452 g/mol. The summed E-state index contributed by atoms with van der Waals surface area (Å²) in [5.41, 5.74) is 2.33. The van der Waals surface area contributed by atoms with E-state index < -0.39 is 6.04 Å². The fraction of sp³-hybridized carbons (Fsp3) is 0.346. The zero-order valence-corrected chi connectivity index (χ0v) is 19.3. The molecule has 0 radical (unpaired) electrons. The lowest BCUT2D eigenvalue weighted by atomic mass is 9.95. The summed E-state index contributed by atoms with van der Waals surface area (Å²) in [6.45, 7) is 6.69. The number of rotatable bonds is 6. The van der Waals surface area contributed by atoms with Gasteiger partial charge in [0.2, 0.25) is 0 Å². The zero-order valence-electron chi connectivity index (χ0n) is 19.3. The summed E-state index contributed by atoms with van der Waals surface area (Å²) in [6, 6.07) is 15.6. The Balaban J connectivity index is 1.74. The van der Waals surface area contributed by atoms with Crippen molar-refractivity contribution in [3.8, 4) is 11.5 Å². The number of aromatic nitrogens is 1.